The van der Waals surface area contributed by atoms with Gasteiger partial charge in [0.1, 0.15) is 5.82 Å². The van der Waals surface area contributed by atoms with Crippen LogP contribution in [0.25, 0.3) is 0 Å². The molecule has 0 saturated heterocycles. The zero-order chi connectivity index (χ0) is 14.0. The molecule has 1 aromatic heterocycles. The lowest BCUT2D eigenvalue weighted by atomic mass is 10.1. The topological polar surface area (TPSA) is 28.2 Å². The summed E-state index contributed by atoms with van der Waals surface area (Å²) in [5, 5.41) is 3.55. The van der Waals surface area contributed by atoms with Gasteiger partial charge in [-0.15, -0.1) is 0 Å². The van der Waals surface area contributed by atoms with Gasteiger partial charge in [0.25, 0.3) is 0 Å². The van der Waals surface area contributed by atoms with Gasteiger partial charge in [-0.1, -0.05) is 0 Å². The molecule has 1 heterocycles. The van der Waals surface area contributed by atoms with Gasteiger partial charge in [0.05, 0.1) is 0 Å². The van der Waals surface area contributed by atoms with E-state index in [9.17, 15) is 0 Å². The van der Waals surface area contributed by atoms with Crippen molar-refractivity contribution in [3.05, 3.63) is 23.4 Å². The van der Waals surface area contributed by atoms with Crippen LogP contribution in [0.3, 0.4) is 0 Å². The third-order valence-corrected chi connectivity index (χ3v) is 3.45. The van der Waals surface area contributed by atoms with Crippen LogP contribution in [0.15, 0.2) is 12.1 Å². The number of nitrogens with one attached hydrogen (secondary N) is 1. The van der Waals surface area contributed by atoms with E-state index in [0.29, 0.717) is 0 Å². The van der Waals surface area contributed by atoms with Gasteiger partial charge < -0.3 is 10.2 Å². The van der Waals surface area contributed by atoms with Crippen LogP contribution in [0, 0.1) is 6.92 Å². The maximum Gasteiger partial charge on any atom is 0.129 e. The van der Waals surface area contributed by atoms with Crippen molar-refractivity contribution in [2.45, 2.75) is 65.6 Å². The van der Waals surface area contributed by atoms with Crippen LogP contribution in [0.4, 0.5) is 5.82 Å². The first-order chi connectivity index (χ1) is 8.89. The smallest absolute Gasteiger partial charge is 0.129 e. The summed E-state index contributed by atoms with van der Waals surface area (Å²) in [6, 6.07) is 5.15. The van der Waals surface area contributed by atoms with E-state index >= 15 is 0 Å². The fourth-order valence-corrected chi connectivity index (χ4v) is 2.33. The van der Waals surface area contributed by atoms with Crippen molar-refractivity contribution in [1.29, 1.82) is 0 Å². The maximum absolute atomic E-state index is 4.71. The molecule has 0 radical (unpaired) electrons. The fraction of sp³-hybridized carbons (Fsp3) is 0.688. The predicted octanol–water partition coefficient (Wildman–Crippen LogP) is 3.27. The Morgan fingerprint density at radius 3 is 2.53 bits per heavy atom. The van der Waals surface area contributed by atoms with E-state index in [-0.39, 0.29) is 5.54 Å². The molecule has 3 heteroatoms. The summed E-state index contributed by atoms with van der Waals surface area (Å²) in [7, 11) is 0. The Morgan fingerprint density at radius 2 is 2.00 bits per heavy atom. The van der Waals surface area contributed by atoms with Crippen molar-refractivity contribution >= 4 is 5.82 Å². The molecule has 1 aromatic rings. The largest absolute Gasteiger partial charge is 0.354 e. The first-order valence-electron chi connectivity index (χ1n) is 7.38. The Morgan fingerprint density at radius 1 is 1.32 bits per heavy atom. The lowest BCUT2D eigenvalue weighted by Crippen LogP contribution is -2.35. The molecular weight excluding hydrogens is 234 g/mol. The van der Waals surface area contributed by atoms with Gasteiger partial charge in [0.15, 0.2) is 0 Å². The van der Waals surface area contributed by atoms with Gasteiger partial charge in [-0.25, -0.2) is 4.98 Å². The third-order valence-electron chi connectivity index (χ3n) is 3.45. The van der Waals surface area contributed by atoms with Crippen LogP contribution in [0.1, 0.15) is 51.8 Å². The SMILES string of the molecule is CCN(c1cc(CNC(C)(C)C)cc(C)n1)C1CC1. The number of pyridine rings is 1. The van der Waals surface area contributed by atoms with E-state index in [1.54, 1.807) is 0 Å². The first kappa shape index (κ1) is 14.3. The van der Waals surface area contributed by atoms with E-state index in [4.69, 9.17) is 4.98 Å². The van der Waals surface area contributed by atoms with Crippen LogP contribution in [-0.2, 0) is 6.54 Å². The molecule has 1 aliphatic rings. The number of hydrogen-bond donors (Lipinski definition) is 1. The first-order valence-corrected chi connectivity index (χ1v) is 7.38. The Bertz CT molecular complexity index is 430. The fourth-order valence-electron chi connectivity index (χ4n) is 2.33. The van der Waals surface area contributed by atoms with Crippen molar-refractivity contribution in [1.82, 2.24) is 10.3 Å². The van der Waals surface area contributed by atoms with Crippen LogP contribution in [-0.4, -0.2) is 23.1 Å². The van der Waals surface area contributed by atoms with Gasteiger partial charge in [0, 0.05) is 30.4 Å². The van der Waals surface area contributed by atoms with E-state index in [2.05, 4.69) is 57.0 Å². The van der Waals surface area contributed by atoms with Crippen LogP contribution >= 0.6 is 0 Å². The molecule has 0 atom stereocenters. The highest BCUT2D eigenvalue weighted by Gasteiger charge is 2.29. The van der Waals surface area contributed by atoms with Crippen LogP contribution in [0.5, 0.6) is 0 Å². The summed E-state index contributed by atoms with van der Waals surface area (Å²) in [6.45, 7) is 12.9. The Labute approximate surface area is 117 Å². The second-order valence-corrected chi connectivity index (χ2v) is 6.60. The zero-order valence-corrected chi connectivity index (χ0v) is 13.0. The van der Waals surface area contributed by atoms with Gasteiger partial charge >= 0.3 is 0 Å². The quantitative estimate of drug-likeness (QED) is 0.881. The highest BCUT2D eigenvalue weighted by atomic mass is 15.2. The minimum absolute atomic E-state index is 0.151. The molecule has 2 rings (SSSR count). The zero-order valence-electron chi connectivity index (χ0n) is 13.0. The highest BCUT2D eigenvalue weighted by molar-refractivity contribution is 5.45. The molecule has 3 nitrogen and oxygen atoms in total. The van der Waals surface area contributed by atoms with Crippen molar-refractivity contribution in [3.63, 3.8) is 0 Å². The van der Waals surface area contributed by atoms with E-state index < -0.39 is 0 Å². The molecule has 1 aliphatic carbocycles. The normalized spacial score (nSPS) is 15.6. The third kappa shape index (κ3) is 4.20. The van der Waals surface area contributed by atoms with E-state index in [0.717, 1.165) is 30.6 Å². The number of anilines is 1. The van der Waals surface area contributed by atoms with Gasteiger partial charge in [-0.05, 0) is 65.2 Å². The molecule has 0 bridgehead atoms. The summed E-state index contributed by atoms with van der Waals surface area (Å²) >= 11 is 0. The average molecular weight is 261 g/mol. The lowest BCUT2D eigenvalue weighted by molar-refractivity contribution is 0.424. The van der Waals surface area contributed by atoms with Crippen molar-refractivity contribution in [3.8, 4) is 0 Å². The van der Waals surface area contributed by atoms with E-state index in [1.165, 1.54) is 18.4 Å². The molecule has 1 fully saturated rings. The molecular formula is C16H27N3. The summed E-state index contributed by atoms with van der Waals surface area (Å²) in [5.41, 5.74) is 2.59. The second kappa shape index (κ2) is 5.49. The molecule has 1 N–H and O–H groups in total. The number of aryl methyl sites for hydroxylation is 1. The molecule has 0 spiro atoms. The molecule has 0 amide bonds. The van der Waals surface area contributed by atoms with Gasteiger partial charge in [-0.2, -0.15) is 0 Å². The standard InChI is InChI=1S/C16H27N3/c1-6-19(14-7-8-14)15-10-13(9-12(2)18-15)11-17-16(3,4)5/h9-10,14,17H,6-8,11H2,1-5H3. The summed E-state index contributed by atoms with van der Waals surface area (Å²) in [5.74, 6) is 1.15. The number of nitrogens with zero attached hydrogens (tertiary/aromatic N) is 2. The minimum Gasteiger partial charge on any atom is -0.354 e. The van der Waals surface area contributed by atoms with Crippen LogP contribution < -0.4 is 10.2 Å². The molecule has 1 saturated carbocycles. The van der Waals surface area contributed by atoms with Crippen molar-refractivity contribution in [2.75, 3.05) is 11.4 Å². The Kier molecular flexibility index (Phi) is 4.14. The Hall–Kier alpha value is -1.09. The molecule has 0 aromatic carbocycles. The number of hydrogen-bond acceptors (Lipinski definition) is 3. The Balaban J connectivity index is 2.14. The molecule has 19 heavy (non-hydrogen) atoms. The van der Waals surface area contributed by atoms with Crippen molar-refractivity contribution < 1.29 is 0 Å². The monoisotopic (exact) mass is 261 g/mol. The summed E-state index contributed by atoms with van der Waals surface area (Å²) in [4.78, 5) is 7.15. The predicted molar refractivity (Wildman–Crippen MR) is 81.6 cm³/mol. The highest BCUT2D eigenvalue weighted by Crippen LogP contribution is 2.30. The number of rotatable bonds is 5. The summed E-state index contributed by atoms with van der Waals surface area (Å²) in [6.07, 6.45) is 2.64. The van der Waals surface area contributed by atoms with Crippen molar-refractivity contribution in [2.24, 2.45) is 0 Å². The molecule has 0 unspecified atom stereocenters. The van der Waals surface area contributed by atoms with Crippen LogP contribution in [0.2, 0.25) is 0 Å². The molecule has 106 valence electrons. The van der Waals surface area contributed by atoms with Gasteiger partial charge in [0.2, 0.25) is 0 Å². The minimum atomic E-state index is 0.151. The lowest BCUT2D eigenvalue weighted by Gasteiger charge is -2.24. The maximum atomic E-state index is 4.71. The number of aromatic nitrogens is 1. The summed E-state index contributed by atoms with van der Waals surface area (Å²) < 4.78 is 0. The second-order valence-electron chi connectivity index (χ2n) is 6.60. The van der Waals surface area contributed by atoms with Gasteiger partial charge in [-0.3, -0.25) is 0 Å². The van der Waals surface area contributed by atoms with E-state index in [1.807, 2.05) is 0 Å². The molecule has 0 aliphatic heterocycles. The average Bonchev–Trinajstić information content (AvgIpc) is 3.10.